The van der Waals surface area contributed by atoms with Gasteiger partial charge in [-0.15, -0.1) is 0 Å². The molecule has 3 aromatic rings. The number of hydrogen-bond donors (Lipinski definition) is 1. The van der Waals surface area contributed by atoms with Crippen molar-refractivity contribution in [2.24, 2.45) is 0 Å². The minimum atomic E-state index is -0.229. The summed E-state index contributed by atoms with van der Waals surface area (Å²) < 4.78 is 0.957. The second-order valence-corrected chi connectivity index (χ2v) is 5.00. The second kappa shape index (κ2) is 5.34. The Bertz CT molecular complexity index is 773. The summed E-state index contributed by atoms with van der Waals surface area (Å²) >= 11 is 3.35. The zero-order valence-corrected chi connectivity index (χ0v) is 11.8. The van der Waals surface area contributed by atoms with Crippen molar-refractivity contribution in [3.8, 4) is 0 Å². The summed E-state index contributed by atoms with van der Waals surface area (Å²) in [6, 6.07) is 9.02. The number of hydrogen-bond acceptors (Lipinski definition) is 4. The minimum absolute atomic E-state index is 0.229. The van der Waals surface area contributed by atoms with Crippen molar-refractivity contribution in [3.05, 3.63) is 59.0 Å². The Balaban J connectivity index is 1.86. The molecule has 0 radical (unpaired) electrons. The molecule has 2 heterocycles. The molecule has 2 aromatic heterocycles. The molecule has 0 aliphatic carbocycles. The van der Waals surface area contributed by atoms with E-state index in [2.05, 4.69) is 36.2 Å². The van der Waals surface area contributed by atoms with E-state index in [0.29, 0.717) is 16.7 Å². The molecule has 5 nitrogen and oxygen atoms in total. The lowest BCUT2D eigenvalue weighted by Gasteiger charge is -2.05. The molecule has 1 aromatic carbocycles. The van der Waals surface area contributed by atoms with Gasteiger partial charge in [0.05, 0.1) is 5.56 Å². The van der Waals surface area contributed by atoms with Gasteiger partial charge in [-0.2, -0.15) is 0 Å². The maximum Gasteiger partial charge on any atom is 0.257 e. The first kappa shape index (κ1) is 12.7. The number of rotatable bonds is 2. The largest absolute Gasteiger partial charge is 0.322 e. The van der Waals surface area contributed by atoms with Gasteiger partial charge in [-0.25, -0.2) is 9.97 Å². The molecular formula is C14H9BrN4O. The Labute approximate surface area is 123 Å². The van der Waals surface area contributed by atoms with Gasteiger partial charge >= 0.3 is 0 Å². The molecule has 0 atom stereocenters. The summed E-state index contributed by atoms with van der Waals surface area (Å²) in [7, 11) is 0. The van der Waals surface area contributed by atoms with Crippen molar-refractivity contribution in [1.82, 2.24) is 15.0 Å². The number of pyridine rings is 1. The molecule has 0 unspecified atom stereocenters. The van der Waals surface area contributed by atoms with Gasteiger partial charge in [0.2, 0.25) is 0 Å². The van der Waals surface area contributed by atoms with E-state index >= 15 is 0 Å². The highest BCUT2D eigenvalue weighted by molar-refractivity contribution is 9.10. The van der Waals surface area contributed by atoms with E-state index in [9.17, 15) is 4.79 Å². The third-order valence-electron chi connectivity index (χ3n) is 2.69. The third-order valence-corrected chi connectivity index (χ3v) is 3.22. The average molecular weight is 329 g/mol. The van der Waals surface area contributed by atoms with Gasteiger partial charge in [0.1, 0.15) is 5.52 Å². The molecule has 1 amide bonds. The molecule has 20 heavy (non-hydrogen) atoms. The number of halogens is 1. The van der Waals surface area contributed by atoms with E-state index in [0.717, 1.165) is 10.2 Å². The fourth-order valence-electron chi connectivity index (χ4n) is 1.72. The van der Waals surface area contributed by atoms with Crippen molar-refractivity contribution < 1.29 is 4.79 Å². The summed E-state index contributed by atoms with van der Waals surface area (Å²) in [6.07, 6.45) is 4.63. The van der Waals surface area contributed by atoms with Crippen LogP contribution in [0, 0.1) is 0 Å². The summed E-state index contributed by atoms with van der Waals surface area (Å²) in [5, 5.41) is 2.80. The Morgan fingerprint density at radius 2 is 1.80 bits per heavy atom. The van der Waals surface area contributed by atoms with Crippen LogP contribution in [-0.4, -0.2) is 20.9 Å². The maximum atomic E-state index is 12.1. The van der Waals surface area contributed by atoms with Gasteiger partial charge < -0.3 is 5.32 Å². The molecule has 3 rings (SSSR count). The first-order valence-corrected chi connectivity index (χ1v) is 6.65. The normalized spacial score (nSPS) is 10.4. The Morgan fingerprint density at radius 3 is 2.60 bits per heavy atom. The summed E-state index contributed by atoms with van der Waals surface area (Å²) in [5.74, 6) is -0.229. The van der Waals surface area contributed by atoms with Crippen molar-refractivity contribution in [3.63, 3.8) is 0 Å². The van der Waals surface area contributed by atoms with Crippen LogP contribution >= 0.6 is 15.9 Å². The molecule has 1 N–H and O–H groups in total. The average Bonchev–Trinajstić information content (AvgIpc) is 2.49. The lowest BCUT2D eigenvalue weighted by Crippen LogP contribution is -2.12. The summed E-state index contributed by atoms with van der Waals surface area (Å²) in [6.45, 7) is 0. The molecule has 6 heteroatoms. The van der Waals surface area contributed by atoms with Gasteiger partial charge in [-0.05, 0) is 30.3 Å². The van der Waals surface area contributed by atoms with Gasteiger partial charge in [0.15, 0.2) is 5.65 Å². The number of nitrogens with zero attached hydrogens (tertiary/aromatic N) is 3. The maximum absolute atomic E-state index is 12.1. The zero-order valence-electron chi connectivity index (χ0n) is 10.2. The summed E-state index contributed by atoms with van der Waals surface area (Å²) in [4.78, 5) is 24.4. The van der Waals surface area contributed by atoms with Gasteiger partial charge in [-0.3, -0.25) is 9.78 Å². The lowest BCUT2D eigenvalue weighted by atomic mass is 10.2. The van der Waals surface area contributed by atoms with E-state index in [1.54, 1.807) is 18.5 Å². The number of amides is 1. The van der Waals surface area contributed by atoms with Crippen LogP contribution < -0.4 is 5.32 Å². The van der Waals surface area contributed by atoms with Crippen molar-refractivity contribution >= 4 is 38.7 Å². The number of benzene rings is 1. The van der Waals surface area contributed by atoms with Gasteiger partial charge in [0.25, 0.3) is 5.91 Å². The highest BCUT2D eigenvalue weighted by Gasteiger charge is 2.08. The number of carbonyl (C=O) groups excluding carboxylic acids is 1. The van der Waals surface area contributed by atoms with Crippen molar-refractivity contribution in [1.29, 1.82) is 0 Å². The van der Waals surface area contributed by atoms with Gasteiger partial charge in [0, 0.05) is 28.8 Å². The Hall–Kier alpha value is -2.34. The molecule has 0 fully saturated rings. The quantitative estimate of drug-likeness (QED) is 0.785. The van der Waals surface area contributed by atoms with Crippen LogP contribution in [0.25, 0.3) is 11.2 Å². The minimum Gasteiger partial charge on any atom is -0.322 e. The van der Waals surface area contributed by atoms with Crippen molar-refractivity contribution in [2.45, 2.75) is 0 Å². The highest BCUT2D eigenvalue weighted by Crippen LogP contribution is 2.15. The fraction of sp³-hybridized carbons (Fsp3) is 0. The monoisotopic (exact) mass is 328 g/mol. The van der Waals surface area contributed by atoms with Crippen LogP contribution in [0.5, 0.6) is 0 Å². The zero-order chi connectivity index (χ0) is 13.9. The fourth-order valence-corrected chi connectivity index (χ4v) is 1.98. The molecule has 0 bridgehead atoms. The van der Waals surface area contributed by atoms with Crippen LogP contribution in [-0.2, 0) is 0 Å². The molecule has 0 aliphatic heterocycles. The van der Waals surface area contributed by atoms with E-state index in [4.69, 9.17) is 0 Å². The standard InChI is InChI=1S/C14H9BrN4O/c15-10-1-3-11(4-2-10)19-14(20)9-7-12-13(18-8-9)17-6-5-16-12/h1-8H,(H,19,20). The summed E-state index contributed by atoms with van der Waals surface area (Å²) in [5.41, 5.74) is 2.28. The number of carbonyl (C=O) groups is 1. The number of fused-ring (bicyclic) bond motifs is 1. The molecule has 98 valence electrons. The van der Waals surface area contributed by atoms with Crippen LogP contribution in [0.15, 0.2) is 53.4 Å². The predicted molar refractivity (Wildman–Crippen MR) is 79.4 cm³/mol. The predicted octanol–water partition coefficient (Wildman–Crippen LogP) is 3.04. The third kappa shape index (κ3) is 2.65. The van der Waals surface area contributed by atoms with Crippen LogP contribution in [0.4, 0.5) is 5.69 Å². The van der Waals surface area contributed by atoms with Crippen LogP contribution in [0.2, 0.25) is 0 Å². The van der Waals surface area contributed by atoms with Crippen molar-refractivity contribution in [2.75, 3.05) is 5.32 Å². The van der Waals surface area contributed by atoms with E-state index in [1.807, 2.05) is 24.3 Å². The molecule has 0 aliphatic rings. The first-order chi connectivity index (χ1) is 9.72. The van der Waals surface area contributed by atoms with Gasteiger partial charge in [-0.1, -0.05) is 15.9 Å². The van der Waals surface area contributed by atoms with E-state index in [-0.39, 0.29) is 5.91 Å². The smallest absolute Gasteiger partial charge is 0.257 e. The van der Waals surface area contributed by atoms with E-state index < -0.39 is 0 Å². The van der Waals surface area contributed by atoms with E-state index in [1.165, 1.54) is 6.20 Å². The lowest BCUT2D eigenvalue weighted by molar-refractivity contribution is 0.102. The highest BCUT2D eigenvalue weighted by atomic mass is 79.9. The number of aromatic nitrogens is 3. The Morgan fingerprint density at radius 1 is 1.05 bits per heavy atom. The van der Waals surface area contributed by atoms with Crippen LogP contribution in [0.1, 0.15) is 10.4 Å². The number of nitrogens with one attached hydrogen (secondary N) is 1. The number of anilines is 1. The molecule has 0 saturated heterocycles. The first-order valence-electron chi connectivity index (χ1n) is 5.86. The molecule has 0 spiro atoms. The Kier molecular flexibility index (Phi) is 3.39. The second-order valence-electron chi connectivity index (χ2n) is 4.08. The topological polar surface area (TPSA) is 67.8 Å². The van der Waals surface area contributed by atoms with Crippen LogP contribution in [0.3, 0.4) is 0 Å². The molecular weight excluding hydrogens is 320 g/mol. The molecule has 0 saturated carbocycles. The SMILES string of the molecule is O=C(Nc1ccc(Br)cc1)c1cnc2nccnc2c1.